The van der Waals surface area contributed by atoms with Crippen LogP contribution < -0.4 is 4.72 Å². The number of benzene rings is 2. The van der Waals surface area contributed by atoms with E-state index in [2.05, 4.69) is 0 Å². The van der Waals surface area contributed by atoms with Gasteiger partial charge in [-0.05, 0) is 23.8 Å². The van der Waals surface area contributed by atoms with Gasteiger partial charge in [-0.3, -0.25) is 4.79 Å². The lowest BCUT2D eigenvalue weighted by Crippen LogP contribution is -2.35. The molecule has 2 rings (SSSR count). The number of methoxy groups -OCH3 is 1. The number of nitrogens with one attached hydrogen (secondary N) is 1. The lowest BCUT2D eigenvalue weighted by Gasteiger charge is -2.16. The largest absolute Gasteiger partial charge is 0.417 e. The van der Waals surface area contributed by atoms with Gasteiger partial charge < -0.3 is 4.74 Å². The molecule has 10 heteroatoms. The summed E-state index contributed by atoms with van der Waals surface area (Å²) in [6.45, 7) is 0. The molecule has 0 saturated carbocycles. The average Bonchev–Trinajstić information content (AvgIpc) is 2.61. The molecular weight excluding hydrogens is 385 g/mol. The normalized spacial score (nSPS) is 12.9. The quantitative estimate of drug-likeness (QED) is 0.836. The molecule has 0 spiro atoms. The Hall–Kier alpha value is -2.90. The summed E-state index contributed by atoms with van der Waals surface area (Å²) in [6.07, 6.45) is -6.21. The van der Waals surface area contributed by atoms with Crippen molar-refractivity contribution in [2.45, 2.75) is 17.2 Å². The van der Waals surface area contributed by atoms with Crippen LogP contribution in [-0.4, -0.2) is 21.4 Å². The van der Waals surface area contributed by atoms with Gasteiger partial charge in [-0.25, -0.2) is 13.1 Å². The van der Waals surface area contributed by atoms with Gasteiger partial charge in [0.05, 0.1) is 22.1 Å². The molecule has 2 aromatic carbocycles. The molecular formula is C17H13F3N2O4S. The molecule has 0 heterocycles. The van der Waals surface area contributed by atoms with E-state index in [0.717, 1.165) is 12.1 Å². The Kier molecular flexibility index (Phi) is 5.88. The van der Waals surface area contributed by atoms with Gasteiger partial charge in [0, 0.05) is 7.11 Å². The van der Waals surface area contributed by atoms with Crippen molar-refractivity contribution in [2.24, 2.45) is 0 Å². The zero-order chi connectivity index (χ0) is 20.2. The third-order valence-electron chi connectivity index (χ3n) is 3.54. The Morgan fingerprint density at radius 3 is 2.33 bits per heavy atom. The molecule has 0 aliphatic carbocycles. The highest BCUT2D eigenvalue weighted by atomic mass is 32.2. The van der Waals surface area contributed by atoms with Gasteiger partial charge in [-0.1, -0.05) is 30.3 Å². The predicted octanol–water partition coefficient (Wildman–Crippen LogP) is 2.77. The molecule has 142 valence electrons. The van der Waals surface area contributed by atoms with Crippen LogP contribution in [0.5, 0.6) is 0 Å². The number of hydrogen-bond acceptors (Lipinski definition) is 5. The van der Waals surface area contributed by atoms with Crippen LogP contribution in [0.1, 0.15) is 22.8 Å². The molecule has 0 radical (unpaired) electrons. The van der Waals surface area contributed by atoms with Crippen LogP contribution >= 0.6 is 0 Å². The van der Waals surface area contributed by atoms with Crippen LogP contribution in [-0.2, 0) is 25.7 Å². The van der Waals surface area contributed by atoms with Crippen molar-refractivity contribution in [3.8, 4) is 6.07 Å². The van der Waals surface area contributed by atoms with E-state index in [1.54, 1.807) is 22.9 Å². The van der Waals surface area contributed by atoms with Gasteiger partial charge >= 0.3 is 6.18 Å². The van der Waals surface area contributed by atoms with E-state index in [1.807, 2.05) is 0 Å². The number of carbonyl (C=O) groups excluding carboxylic acids is 1. The average molecular weight is 398 g/mol. The summed E-state index contributed by atoms with van der Waals surface area (Å²) < 4.78 is 70.4. The summed E-state index contributed by atoms with van der Waals surface area (Å²) in [4.78, 5) is 11.5. The van der Waals surface area contributed by atoms with Crippen molar-refractivity contribution in [3.63, 3.8) is 0 Å². The van der Waals surface area contributed by atoms with Gasteiger partial charge in [0.15, 0.2) is 6.10 Å². The second-order valence-corrected chi connectivity index (χ2v) is 7.00. The van der Waals surface area contributed by atoms with Crippen LogP contribution in [0.3, 0.4) is 0 Å². The number of carbonyl (C=O) groups is 1. The first-order valence-corrected chi connectivity index (χ1v) is 8.84. The van der Waals surface area contributed by atoms with Crippen molar-refractivity contribution >= 4 is 15.9 Å². The number of nitriles is 1. The minimum Gasteiger partial charge on any atom is -0.367 e. The maximum atomic E-state index is 13.0. The van der Waals surface area contributed by atoms with Crippen LogP contribution in [0.4, 0.5) is 13.2 Å². The van der Waals surface area contributed by atoms with E-state index in [4.69, 9.17) is 10.00 Å². The molecule has 0 saturated heterocycles. The Morgan fingerprint density at radius 1 is 1.19 bits per heavy atom. The van der Waals surface area contributed by atoms with Gasteiger partial charge in [0.25, 0.3) is 15.9 Å². The minimum atomic E-state index is -4.93. The first-order chi connectivity index (χ1) is 12.6. The van der Waals surface area contributed by atoms with Crippen molar-refractivity contribution in [1.82, 2.24) is 4.72 Å². The molecule has 1 N–H and O–H groups in total. The summed E-state index contributed by atoms with van der Waals surface area (Å²) in [7, 11) is -3.43. The molecule has 0 aliphatic heterocycles. The maximum Gasteiger partial charge on any atom is 0.417 e. The smallest absolute Gasteiger partial charge is 0.367 e. The fourth-order valence-corrected chi connectivity index (χ4v) is 3.30. The van der Waals surface area contributed by atoms with Gasteiger partial charge in [0.1, 0.15) is 0 Å². The van der Waals surface area contributed by atoms with Crippen LogP contribution in [0.25, 0.3) is 0 Å². The van der Waals surface area contributed by atoms with E-state index in [-0.39, 0.29) is 0 Å². The van der Waals surface area contributed by atoms with E-state index in [0.29, 0.717) is 11.6 Å². The molecule has 1 atom stereocenters. The Bertz CT molecular complexity index is 983. The number of amides is 1. The fourth-order valence-electron chi connectivity index (χ4n) is 2.29. The lowest BCUT2D eigenvalue weighted by molar-refractivity contribution is -0.138. The van der Waals surface area contributed by atoms with Crippen LogP contribution in [0.15, 0.2) is 53.4 Å². The summed E-state index contributed by atoms with van der Waals surface area (Å²) in [6, 6.07) is 11.2. The molecule has 0 aliphatic rings. The van der Waals surface area contributed by atoms with Crippen molar-refractivity contribution in [3.05, 3.63) is 65.2 Å². The van der Waals surface area contributed by atoms with Crippen molar-refractivity contribution in [2.75, 3.05) is 7.11 Å². The van der Waals surface area contributed by atoms with E-state index < -0.39 is 44.2 Å². The SMILES string of the molecule is COC(C(=O)NS(=O)(=O)c1ccc(C#N)c(C(F)(F)F)c1)c1ccccc1. The zero-order valence-electron chi connectivity index (χ0n) is 13.8. The van der Waals surface area contributed by atoms with E-state index >= 15 is 0 Å². The molecule has 2 aromatic rings. The monoisotopic (exact) mass is 398 g/mol. The van der Waals surface area contributed by atoms with Gasteiger partial charge in [-0.2, -0.15) is 18.4 Å². The number of alkyl halides is 3. The molecule has 0 bridgehead atoms. The molecule has 1 amide bonds. The highest BCUT2D eigenvalue weighted by molar-refractivity contribution is 7.90. The maximum absolute atomic E-state index is 13.0. The zero-order valence-corrected chi connectivity index (χ0v) is 14.6. The number of rotatable bonds is 5. The van der Waals surface area contributed by atoms with Gasteiger partial charge in [0.2, 0.25) is 0 Å². The summed E-state index contributed by atoms with van der Waals surface area (Å²) in [5.74, 6) is -1.07. The Labute approximate surface area is 153 Å². The second kappa shape index (κ2) is 7.77. The number of ether oxygens (including phenoxy) is 1. The number of hydrogen-bond donors (Lipinski definition) is 1. The Balaban J connectivity index is 2.36. The standard InChI is InChI=1S/C17H13F3N2O4S/c1-26-15(11-5-3-2-4-6-11)16(23)22-27(24,25)13-8-7-12(10-21)14(9-13)17(18,19)20/h2-9,15H,1H3,(H,22,23). The van der Waals surface area contributed by atoms with E-state index in [9.17, 15) is 26.4 Å². The number of nitrogens with zero attached hydrogens (tertiary/aromatic N) is 1. The van der Waals surface area contributed by atoms with Crippen molar-refractivity contribution < 1.29 is 31.1 Å². The fraction of sp³-hybridized carbons (Fsp3) is 0.176. The molecule has 27 heavy (non-hydrogen) atoms. The lowest BCUT2D eigenvalue weighted by atomic mass is 10.1. The molecule has 1 unspecified atom stereocenters. The van der Waals surface area contributed by atoms with Crippen LogP contribution in [0.2, 0.25) is 0 Å². The van der Waals surface area contributed by atoms with Crippen LogP contribution in [0, 0.1) is 11.3 Å². The molecule has 0 aromatic heterocycles. The highest BCUT2D eigenvalue weighted by Gasteiger charge is 2.35. The molecule has 0 fully saturated rings. The highest BCUT2D eigenvalue weighted by Crippen LogP contribution is 2.33. The van der Waals surface area contributed by atoms with Crippen molar-refractivity contribution in [1.29, 1.82) is 5.26 Å². The predicted molar refractivity (Wildman–Crippen MR) is 87.7 cm³/mol. The summed E-state index contributed by atoms with van der Waals surface area (Å²) in [5, 5.41) is 8.77. The molecule has 6 nitrogen and oxygen atoms in total. The van der Waals surface area contributed by atoms with E-state index in [1.165, 1.54) is 25.3 Å². The summed E-state index contributed by atoms with van der Waals surface area (Å²) >= 11 is 0. The summed E-state index contributed by atoms with van der Waals surface area (Å²) in [5.41, 5.74) is -1.78. The number of halogens is 3. The first kappa shape index (κ1) is 20.4. The minimum absolute atomic E-state index is 0.304. The Morgan fingerprint density at radius 2 is 1.81 bits per heavy atom. The van der Waals surface area contributed by atoms with Gasteiger partial charge in [-0.15, -0.1) is 0 Å². The first-order valence-electron chi connectivity index (χ1n) is 7.36. The third-order valence-corrected chi connectivity index (χ3v) is 4.88. The third kappa shape index (κ3) is 4.64. The topological polar surface area (TPSA) is 96.3 Å². The second-order valence-electron chi connectivity index (χ2n) is 5.31. The number of sulfonamides is 1.